The lowest BCUT2D eigenvalue weighted by Gasteiger charge is -2.06. The molecule has 0 bridgehead atoms. The van der Waals surface area contributed by atoms with Crippen molar-refractivity contribution in [2.24, 2.45) is 5.92 Å². The van der Waals surface area contributed by atoms with Crippen molar-refractivity contribution in [3.05, 3.63) is 12.3 Å². The summed E-state index contributed by atoms with van der Waals surface area (Å²) in [5.74, 6) is 1.01. The van der Waals surface area contributed by atoms with Crippen molar-refractivity contribution in [2.45, 2.75) is 19.3 Å². The SMILES string of the molecule is C=C1OCCC1CCC(=O)OC. The minimum Gasteiger partial charge on any atom is -0.498 e. The largest absolute Gasteiger partial charge is 0.498 e. The first-order chi connectivity index (χ1) is 5.74. The fourth-order valence-electron chi connectivity index (χ4n) is 1.31. The van der Waals surface area contributed by atoms with Gasteiger partial charge in [0.05, 0.1) is 19.5 Å². The molecule has 0 spiro atoms. The van der Waals surface area contributed by atoms with E-state index in [9.17, 15) is 4.79 Å². The highest BCUT2D eigenvalue weighted by Gasteiger charge is 2.21. The van der Waals surface area contributed by atoms with Crippen LogP contribution in [0.1, 0.15) is 19.3 Å². The Bertz CT molecular complexity index is 186. The number of ether oxygens (including phenoxy) is 2. The van der Waals surface area contributed by atoms with Gasteiger partial charge in [0, 0.05) is 12.3 Å². The lowest BCUT2D eigenvalue weighted by Crippen LogP contribution is -2.04. The molecule has 1 heterocycles. The van der Waals surface area contributed by atoms with E-state index in [1.165, 1.54) is 7.11 Å². The zero-order valence-electron chi connectivity index (χ0n) is 7.34. The number of carbonyl (C=O) groups excluding carboxylic acids is 1. The fraction of sp³-hybridized carbons (Fsp3) is 0.667. The van der Waals surface area contributed by atoms with Gasteiger partial charge in [-0.1, -0.05) is 6.58 Å². The highest BCUT2D eigenvalue weighted by Crippen LogP contribution is 2.27. The van der Waals surface area contributed by atoms with Gasteiger partial charge < -0.3 is 9.47 Å². The Morgan fingerprint density at radius 1 is 1.83 bits per heavy atom. The number of allylic oxidation sites excluding steroid dienone is 1. The molecule has 12 heavy (non-hydrogen) atoms. The molecule has 1 saturated heterocycles. The minimum absolute atomic E-state index is 0.158. The van der Waals surface area contributed by atoms with Gasteiger partial charge in [-0.15, -0.1) is 0 Å². The third-order valence-electron chi connectivity index (χ3n) is 2.13. The van der Waals surface area contributed by atoms with Gasteiger partial charge in [0.1, 0.15) is 0 Å². The van der Waals surface area contributed by atoms with E-state index in [1.807, 2.05) is 0 Å². The summed E-state index contributed by atoms with van der Waals surface area (Å²) in [6.45, 7) is 4.51. The van der Waals surface area contributed by atoms with Gasteiger partial charge >= 0.3 is 5.97 Å². The number of hydrogen-bond acceptors (Lipinski definition) is 3. The van der Waals surface area contributed by atoms with Crippen LogP contribution in [0.4, 0.5) is 0 Å². The number of hydrogen-bond donors (Lipinski definition) is 0. The van der Waals surface area contributed by atoms with Crippen molar-refractivity contribution in [3.63, 3.8) is 0 Å². The topological polar surface area (TPSA) is 35.5 Å². The highest BCUT2D eigenvalue weighted by molar-refractivity contribution is 5.69. The predicted octanol–water partition coefficient (Wildman–Crippen LogP) is 1.49. The molecule has 0 radical (unpaired) electrons. The van der Waals surface area contributed by atoms with Crippen molar-refractivity contribution in [2.75, 3.05) is 13.7 Å². The van der Waals surface area contributed by atoms with Crippen LogP contribution in [0.2, 0.25) is 0 Å². The lowest BCUT2D eigenvalue weighted by atomic mass is 10.0. The van der Waals surface area contributed by atoms with Crippen LogP contribution in [0.3, 0.4) is 0 Å². The van der Waals surface area contributed by atoms with Crippen molar-refractivity contribution in [1.82, 2.24) is 0 Å². The summed E-state index contributed by atoms with van der Waals surface area (Å²) in [6.07, 6.45) is 2.24. The molecular formula is C9H14O3. The molecule has 0 amide bonds. The van der Waals surface area contributed by atoms with E-state index in [1.54, 1.807) is 0 Å². The molecule has 0 aromatic carbocycles. The van der Waals surface area contributed by atoms with Gasteiger partial charge in [-0.2, -0.15) is 0 Å². The van der Waals surface area contributed by atoms with Crippen molar-refractivity contribution < 1.29 is 14.3 Å². The molecule has 1 fully saturated rings. The first-order valence-corrected chi connectivity index (χ1v) is 4.12. The normalized spacial score (nSPS) is 22.1. The summed E-state index contributed by atoms with van der Waals surface area (Å²) in [5, 5.41) is 0. The monoisotopic (exact) mass is 170 g/mol. The maximum absolute atomic E-state index is 10.8. The Morgan fingerprint density at radius 3 is 3.08 bits per heavy atom. The molecule has 1 aliphatic heterocycles. The molecule has 0 aromatic rings. The van der Waals surface area contributed by atoms with Crippen LogP contribution in [0, 0.1) is 5.92 Å². The zero-order chi connectivity index (χ0) is 8.97. The second kappa shape index (κ2) is 4.14. The number of esters is 1. The molecular weight excluding hydrogens is 156 g/mol. The van der Waals surface area contributed by atoms with E-state index >= 15 is 0 Å². The van der Waals surface area contributed by atoms with Gasteiger partial charge in [-0.3, -0.25) is 4.79 Å². The van der Waals surface area contributed by atoms with E-state index in [0.717, 1.165) is 25.2 Å². The number of carbonyl (C=O) groups is 1. The predicted molar refractivity (Wildman–Crippen MR) is 44.4 cm³/mol. The van der Waals surface area contributed by atoms with Gasteiger partial charge in [0.15, 0.2) is 0 Å². The average molecular weight is 170 g/mol. The average Bonchev–Trinajstić information content (AvgIpc) is 2.47. The van der Waals surface area contributed by atoms with Crippen molar-refractivity contribution in [3.8, 4) is 0 Å². The third-order valence-corrected chi connectivity index (χ3v) is 2.13. The number of rotatable bonds is 3. The Hall–Kier alpha value is -0.990. The minimum atomic E-state index is -0.158. The first-order valence-electron chi connectivity index (χ1n) is 4.12. The molecule has 3 heteroatoms. The van der Waals surface area contributed by atoms with Gasteiger partial charge in [0.2, 0.25) is 0 Å². The van der Waals surface area contributed by atoms with Crippen LogP contribution in [-0.4, -0.2) is 19.7 Å². The van der Waals surface area contributed by atoms with Gasteiger partial charge in [-0.05, 0) is 12.8 Å². The van der Waals surface area contributed by atoms with Crippen LogP contribution in [0.25, 0.3) is 0 Å². The smallest absolute Gasteiger partial charge is 0.305 e. The lowest BCUT2D eigenvalue weighted by molar-refractivity contribution is -0.140. The Balaban J connectivity index is 2.22. The third kappa shape index (κ3) is 2.26. The Kier molecular flexibility index (Phi) is 3.14. The Morgan fingerprint density at radius 2 is 2.58 bits per heavy atom. The maximum atomic E-state index is 10.8. The van der Waals surface area contributed by atoms with Crippen LogP contribution < -0.4 is 0 Å². The molecule has 3 nitrogen and oxygen atoms in total. The van der Waals surface area contributed by atoms with E-state index in [2.05, 4.69) is 11.3 Å². The van der Waals surface area contributed by atoms with E-state index in [0.29, 0.717) is 12.3 Å². The number of methoxy groups -OCH3 is 1. The molecule has 0 aliphatic carbocycles. The molecule has 0 N–H and O–H groups in total. The summed E-state index contributed by atoms with van der Waals surface area (Å²) in [5.41, 5.74) is 0. The second-order valence-electron chi connectivity index (χ2n) is 2.92. The molecule has 0 aromatic heterocycles. The van der Waals surface area contributed by atoms with E-state index < -0.39 is 0 Å². The summed E-state index contributed by atoms with van der Waals surface area (Å²) >= 11 is 0. The first kappa shape index (κ1) is 9.10. The molecule has 68 valence electrons. The molecule has 1 rings (SSSR count). The highest BCUT2D eigenvalue weighted by atomic mass is 16.5. The molecule has 1 unspecified atom stereocenters. The van der Waals surface area contributed by atoms with Crippen LogP contribution >= 0.6 is 0 Å². The second-order valence-corrected chi connectivity index (χ2v) is 2.92. The Labute approximate surface area is 72.4 Å². The fourth-order valence-corrected chi connectivity index (χ4v) is 1.31. The summed E-state index contributed by atoms with van der Waals surface area (Å²) < 4.78 is 9.72. The molecule has 1 atom stereocenters. The van der Waals surface area contributed by atoms with Crippen LogP contribution in [0.5, 0.6) is 0 Å². The quantitative estimate of drug-likeness (QED) is 0.602. The zero-order valence-corrected chi connectivity index (χ0v) is 7.34. The van der Waals surface area contributed by atoms with Gasteiger partial charge in [0.25, 0.3) is 0 Å². The van der Waals surface area contributed by atoms with Crippen molar-refractivity contribution in [1.29, 1.82) is 0 Å². The van der Waals surface area contributed by atoms with Crippen LogP contribution in [-0.2, 0) is 14.3 Å². The summed E-state index contributed by atoms with van der Waals surface area (Å²) in [7, 11) is 1.41. The summed E-state index contributed by atoms with van der Waals surface area (Å²) in [6, 6.07) is 0. The molecule has 0 saturated carbocycles. The maximum Gasteiger partial charge on any atom is 0.305 e. The summed E-state index contributed by atoms with van der Waals surface area (Å²) in [4.78, 5) is 10.8. The van der Waals surface area contributed by atoms with E-state index in [-0.39, 0.29) is 5.97 Å². The van der Waals surface area contributed by atoms with E-state index in [4.69, 9.17) is 4.74 Å². The van der Waals surface area contributed by atoms with Crippen LogP contribution in [0.15, 0.2) is 12.3 Å². The van der Waals surface area contributed by atoms with Crippen molar-refractivity contribution >= 4 is 5.97 Å². The standard InChI is InChI=1S/C9H14O3/c1-7-8(5-6-12-7)3-4-9(10)11-2/h8H,1,3-6H2,2H3. The van der Waals surface area contributed by atoms with Gasteiger partial charge in [-0.25, -0.2) is 0 Å². The molecule has 1 aliphatic rings.